The largest absolute Gasteiger partial charge is 0.350 e. The van der Waals surface area contributed by atoms with Crippen molar-refractivity contribution in [3.8, 4) is 0 Å². The van der Waals surface area contributed by atoms with Gasteiger partial charge in [0.1, 0.15) is 0 Å². The van der Waals surface area contributed by atoms with Crippen LogP contribution in [-0.4, -0.2) is 32.3 Å². The Morgan fingerprint density at radius 2 is 2.28 bits per heavy atom. The van der Waals surface area contributed by atoms with Crippen molar-refractivity contribution < 1.29 is 0 Å². The second kappa shape index (κ2) is 5.30. The predicted molar refractivity (Wildman–Crippen MR) is 69.5 cm³/mol. The van der Waals surface area contributed by atoms with Crippen LogP contribution in [0.4, 0.5) is 0 Å². The molecule has 6 nitrogen and oxygen atoms in total. The van der Waals surface area contributed by atoms with E-state index in [1.807, 2.05) is 7.05 Å². The van der Waals surface area contributed by atoms with Gasteiger partial charge in [0, 0.05) is 18.4 Å². The Kier molecular flexibility index (Phi) is 3.76. The first-order valence-corrected chi connectivity index (χ1v) is 6.23. The summed E-state index contributed by atoms with van der Waals surface area (Å²) in [6.07, 6.45) is 5.88. The quantitative estimate of drug-likeness (QED) is 0.839. The summed E-state index contributed by atoms with van der Waals surface area (Å²) in [5.41, 5.74) is 0.470. The molecule has 0 saturated carbocycles. The van der Waals surface area contributed by atoms with Crippen molar-refractivity contribution in [3.63, 3.8) is 0 Å². The molecule has 0 spiro atoms. The summed E-state index contributed by atoms with van der Waals surface area (Å²) in [6.45, 7) is 4.89. The number of aromatic nitrogens is 4. The Balaban J connectivity index is 2.31. The minimum absolute atomic E-state index is 0.115. The predicted octanol–water partition coefficient (Wildman–Crippen LogP) is 0.525. The molecule has 0 aliphatic rings. The van der Waals surface area contributed by atoms with Gasteiger partial charge in [-0.3, -0.25) is 4.98 Å². The second-order valence-electron chi connectivity index (χ2n) is 4.55. The Bertz CT molecular complexity index is 573. The first-order chi connectivity index (χ1) is 8.67. The fourth-order valence-corrected chi connectivity index (χ4v) is 2.03. The fourth-order valence-electron chi connectivity index (χ4n) is 2.03. The maximum Gasteiger partial charge on any atom is 0.350 e. The molecule has 98 valence electrons. The van der Waals surface area contributed by atoms with Gasteiger partial charge in [0.25, 0.3) is 0 Å². The summed E-state index contributed by atoms with van der Waals surface area (Å²) in [4.78, 5) is 16.1. The van der Waals surface area contributed by atoms with Crippen LogP contribution in [0.1, 0.15) is 20.3 Å². The third-order valence-corrected chi connectivity index (χ3v) is 3.46. The molecule has 1 N–H and O–H groups in total. The summed E-state index contributed by atoms with van der Waals surface area (Å²) in [5.74, 6) is 0.491. The van der Waals surface area contributed by atoms with Gasteiger partial charge in [-0.1, -0.05) is 20.3 Å². The third kappa shape index (κ3) is 2.28. The first-order valence-electron chi connectivity index (χ1n) is 6.23. The molecular formula is C12H19N5O. The Morgan fingerprint density at radius 1 is 1.50 bits per heavy atom. The Hall–Kier alpha value is -1.69. The lowest BCUT2D eigenvalue weighted by atomic mass is 9.99. The van der Waals surface area contributed by atoms with Crippen LogP contribution in [0.2, 0.25) is 0 Å². The maximum atomic E-state index is 12.1. The lowest BCUT2D eigenvalue weighted by Crippen LogP contribution is -2.39. The molecule has 2 atom stereocenters. The average Bonchev–Trinajstić information content (AvgIpc) is 2.72. The van der Waals surface area contributed by atoms with Crippen LogP contribution in [0.25, 0.3) is 5.65 Å². The van der Waals surface area contributed by atoms with E-state index in [0.717, 1.165) is 6.42 Å². The van der Waals surface area contributed by atoms with E-state index in [0.29, 0.717) is 18.1 Å². The van der Waals surface area contributed by atoms with Crippen LogP contribution in [0.15, 0.2) is 23.4 Å². The zero-order valence-corrected chi connectivity index (χ0v) is 11.0. The molecule has 2 heterocycles. The highest BCUT2D eigenvalue weighted by molar-refractivity contribution is 5.31. The maximum absolute atomic E-state index is 12.1. The highest BCUT2D eigenvalue weighted by Gasteiger charge is 2.17. The van der Waals surface area contributed by atoms with Gasteiger partial charge < -0.3 is 5.32 Å². The third-order valence-electron chi connectivity index (χ3n) is 3.46. The van der Waals surface area contributed by atoms with Crippen LogP contribution in [0.5, 0.6) is 0 Å². The molecule has 0 bridgehead atoms. The van der Waals surface area contributed by atoms with Gasteiger partial charge in [-0.15, -0.1) is 5.10 Å². The van der Waals surface area contributed by atoms with E-state index in [9.17, 15) is 4.79 Å². The number of fused-ring (bicyclic) bond motifs is 1. The van der Waals surface area contributed by atoms with Crippen molar-refractivity contribution >= 4 is 5.65 Å². The van der Waals surface area contributed by atoms with E-state index in [1.165, 1.54) is 9.08 Å². The van der Waals surface area contributed by atoms with E-state index < -0.39 is 0 Å². The van der Waals surface area contributed by atoms with Crippen molar-refractivity contribution in [1.29, 1.82) is 0 Å². The summed E-state index contributed by atoms with van der Waals surface area (Å²) in [7, 11) is 1.92. The average molecular weight is 249 g/mol. The molecule has 0 saturated heterocycles. The van der Waals surface area contributed by atoms with Crippen LogP contribution in [0, 0.1) is 5.92 Å². The molecule has 2 unspecified atom stereocenters. The number of likely N-dealkylation sites (N-methyl/N-ethyl adjacent to an activating group) is 1. The van der Waals surface area contributed by atoms with Gasteiger partial charge in [0.15, 0.2) is 5.65 Å². The minimum Gasteiger partial charge on any atom is -0.315 e. The summed E-state index contributed by atoms with van der Waals surface area (Å²) >= 11 is 0. The Labute approximate surface area is 106 Å². The summed E-state index contributed by atoms with van der Waals surface area (Å²) < 4.78 is 3.01. The minimum atomic E-state index is -0.115. The van der Waals surface area contributed by atoms with Gasteiger partial charge in [-0.05, 0) is 13.0 Å². The highest BCUT2D eigenvalue weighted by atomic mass is 16.2. The number of nitrogens with zero attached hydrogens (tertiary/aromatic N) is 4. The van der Waals surface area contributed by atoms with Crippen molar-refractivity contribution in [2.75, 3.05) is 7.05 Å². The van der Waals surface area contributed by atoms with E-state index in [2.05, 4.69) is 29.2 Å². The molecule has 6 heteroatoms. The normalized spacial score (nSPS) is 14.8. The standard InChI is InChI=1S/C12H19N5O/c1-4-9(2)10(13-3)8-17-12(18)16-6-5-14-7-11(16)15-17/h5-7,9-10,13H,4,8H2,1-3H3. The van der Waals surface area contributed by atoms with E-state index in [1.54, 1.807) is 18.6 Å². The second-order valence-corrected chi connectivity index (χ2v) is 4.55. The highest BCUT2D eigenvalue weighted by Crippen LogP contribution is 2.08. The van der Waals surface area contributed by atoms with Crippen molar-refractivity contribution in [3.05, 3.63) is 29.1 Å². The van der Waals surface area contributed by atoms with E-state index in [-0.39, 0.29) is 11.7 Å². The topological polar surface area (TPSA) is 64.2 Å². The van der Waals surface area contributed by atoms with Gasteiger partial charge >= 0.3 is 5.69 Å². The smallest absolute Gasteiger partial charge is 0.315 e. The van der Waals surface area contributed by atoms with Crippen LogP contribution in [-0.2, 0) is 6.54 Å². The summed E-state index contributed by atoms with van der Waals surface area (Å²) in [6, 6.07) is 0.241. The molecule has 0 radical (unpaired) electrons. The van der Waals surface area contributed by atoms with Crippen LogP contribution >= 0.6 is 0 Å². The van der Waals surface area contributed by atoms with Crippen LogP contribution < -0.4 is 11.0 Å². The monoisotopic (exact) mass is 249 g/mol. The first kappa shape index (κ1) is 12.8. The number of hydrogen-bond acceptors (Lipinski definition) is 4. The molecule has 0 aromatic carbocycles. The van der Waals surface area contributed by atoms with Gasteiger partial charge in [-0.25, -0.2) is 13.9 Å². The van der Waals surface area contributed by atoms with Gasteiger partial charge in [0.05, 0.1) is 12.7 Å². The molecular weight excluding hydrogens is 230 g/mol. The van der Waals surface area contributed by atoms with Crippen molar-refractivity contribution in [1.82, 2.24) is 24.5 Å². The molecule has 2 aromatic rings. The molecule has 0 aliphatic carbocycles. The van der Waals surface area contributed by atoms with Gasteiger partial charge in [0.2, 0.25) is 0 Å². The van der Waals surface area contributed by atoms with E-state index >= 15 is 0 Å². The SMILES string of the molecule is CCC(C)C(Cn1nc2cnccn2c1=O)NC. The number of hydrogen-bond donors (Lipinski definition) is 1. The number of nitrogens with one attached hydrogen (secondary N) is 1. The van der Waals surface area contributed by atoms with E-state index in [4.69, 9.17) is 0 Å². The molecule has 0 aliphatic heterocycles. The molecule has 0 amide bonds. The molecule has 2 aromatic heterocycles. The van der Waals surface area contributed by atoms with Crippen LogP contribution in [0.3, 0.4) is 0 Å². The van der Waals surface area contributed by atoms with Crippen molar-refractivity contribution in [2.24, 2.45) is 5.92 Å². The molecule has 0 fully saturated rings. The lowest BCUT2D eigenvalue weighted by molar-refractivity contribution is 0.332. The number of rotatable bonds is 5. The fraction of sp³-hybridized carbons (Fsp3) is 0.583. The lowest BCUT2D eigenvalue weighted by Gasteiger charge is -2.21. The Morgan fingerprint density at radius 3 is 2.89 bits per heavy atom. The zero-order chi connectivity index (χ0) is 13.1. The van der Waals surface area contributed by atoms with Crippen molar-refractivity contribution in [2.45, 2.75) is 32.9 Å². The van der Waals surface area contributed by atoms with Gasteiger partial charge in [-0.2, -0.15) is 0 Å². The summed E-state index contributed by atoms with van der Waals surface area (Å²) in [5, 5.41) is 7.53. The zero-order valence-electron chi connectivity index (χ0n) is 11.0. The molecule has 18 heavy (non-hydrogen) atoms. The molecule has 2 rings (SSSR count).